The number of fused-ring (bicyclic) bond motifs is 2. The molecule has 0 radical (unpaired) electrons. The number of nitrogens with one attached hydrogen (secondary N) is 1. The van der Waals surface area contributed by atoms with E-state index in [-0.39, 0.29) is 5.91 Å². The molecule has 0 fully saturated rings. The van der Waals surface area contributed by atoms with Crippen LogP contribution < -0.4 is 10.1 Å². The molecule has 158 valence electrons. The lowest BCUT2D eigenvalue weighted by Gasteiger charge is -2.10. The molecule has 32 heavy (non-hydrogen) atoms. The van der Waals surface area contributed by atoms with Crippen LogP contribution in [0.2, 0.25) is 0 Å². The van der Waals surface area contributed by atoms with Crippen molar-refractivity contribution in [3.8, 4) is 11.4 Å². The number of carbonyl (C=O) groups is 1. The van der Waals surface area contributed by atoms with E-state index in [2.05, 4.69) is 15.5 Å². The van der Waals surface area contributed by atoms with Gasteiger partial charge in [-0.25, -0.2) is 0 Å². The van der Waals surface area contributed by atoms with Crippen molar-refractivity contribution < 1.29 is 9.53 Å². The van der Waals surface area contributed by atoms with E-state index in [1.54, 1.807) is 4.80 Å². The fourth-order valence-corrected chi connectivity index (χ4v) is 3.80. The highest BCUT2D eigenvalue weighted by molar-refractivity contribution is 6.13. The topological polar surface area (TPSA) is 69.0 Å². The second kappa shape index (κ2) is 8.15. The number of benzene rings is 4. The molecule has 1 aromatic heterocycles. The van der Waals surface area contributed by atoms with Crippen molar-refractivity contribution in [1.29, 1.82) is 0 Å². The summed E-state index contributed by atoms with van der Waals surface area (Å²) in [7, 11) is 0. The molecular weight excluding hydrogens is 400 g/mol. The summed E-state index contributed by atoms with van der Waals surface area (Å²) < 4.78 is 5.49. The van der Waals surface area contributed by atoms with Gasteiger partial charge in [-0.2, -0.15) is 4.80 Å². The largest absolute Gasteiger partial charge is 0.494 e. The molecule has 4 aromatic carbocycles. The monoisotopic (exact) mass is 422 g/mol. The van der Waals surface area contributed by atoms with Gasteiger partial charge in [-0.3, -0.25) is 4.79 Å². The van der Waals surface area contributed by atoms with Gasteiger partial charge in [0.2, 0.25) is 0 Å². The number of ether oxygens (including phenoxy) is 1. The fourth-order valence-electron chi connectivity index (χ4n) is 3.80. The molecule has 5 aromatic rings. The Kier molecular flexibility index (Phi) is 5.03. The van der Waals surface area contributed by atoms with Crippen molar-refractivity contribution in [2.75, 3.05) is 11.9 Å². The number of rotatable bonds is 5. The van der Waals surface area contributed by atoms with Crippen molar-refractivity contribution in [2.45, 2.75) is 13.8 Å². The van der Waals surface area contributed by atoms with E-state index in [0.29, 0.717) is 23.4 Å². The SMILES string of the molecule is CCOc1ccc(-n2nc3ccc(NC(=O)c4ccc(C)c5ccccc45)cc3n2)cc1. The quantitative estimate of drug-likeness (QED) is 0.404. The van der Waals surface area contributed by atoms with E-state index < -0.39 is 0 Å². The van der Waals surface area contributed by atoms with Crippen molar-refractivity contribution in [1.82, 2.24) is 15.0 Å². The Hall–Kier alpha value is -4.19. The minimum Gasteiger partial charge on any atom is -0.494 e. The van der Waals surface area contributed by atoms with Gasteiger partial charge < -0.3 is 10.1 Å². The number of amides is 1. The maximum absolute atomic E-state index is 13.0. The molecule has 0 atom stereocenters. The standard InChI is InChI=1S/C26H22N4O2/c1-3-32-20-12-10-19(11-13-20)30-28-24-15-9-18(16-25(24)29-30)27-26(31)23-14-8-17(2)21-6-4-5-7-22(21)23/h4-16H,3H2,1-2H3,(H,27,31). The van der Waals surface area contributed by atoms with Gasteiger partial charge in [-0.15, -0.1) is 10.2 Å². The molecule has 0 spiro atoms. The summed E-state index contributed by atoms with van der Waals surface area (Å²) in [4.78, 5) is 14.6. The zero-order valence-corrected chi connectivity index (χ0v) is 17.9. The summed E-state index contributed by atoms with van der Waals surface area (Å²) in [6.45, 7) is 4.62. The normalized spacial score (nSPS) is 11.1. The van der Waals surface area contributed by atoms with Crippen LogP contribution in [-0.2, 0) is 0 Å². The van der Waals surface area contributed by atoms with Gasteiger partial charge in [0, 0.05) is 11.3 Å². The molecule has 1 heterocycles. The molecule has 0 saturated carbocycles. The zero-order chi connectivity index (χ0) is 22.1. The molecule has 0 bridgehead atoms. The minimum absolute atomic E-state index is 0.153. The summed E-state index contributed by atoms with van der Waals surface area (Å²) in [6.07, 6.45) is 0. The Morgan fingerprint density at radius 3 is 2.44 bits per heavy atom. The third-order valence-corrected chi connectivity index (χ3v) is 5.40. The lowest BCUT2D eigenvalue weighted by atomic mass is 10.00. The van der Waals surface area contributed by atoms with Gasteiger partial charge in [0.05, 0.1) is 12.3 Å². The van der Waals surface area contributed by atoms with Gasteiger partial charge >= 0.3 is 0 Å². The second-order valence-corrected chi connectivity index (χ2v) is 7.55. The van der Waals surface area contributed by atoms with Crippen molar-refractivity contribution in [2.24, 2.45) is 0 Å². The first-order chi connectivity index (χ1) is 15.6. The predicted molar refractivity (Wildman–Crippen MR) is 127 cm³/mol. The Balaban J connectivity index is 1.42. The van der Waals surface area contributed by atoms with Crippen molar-refractivity contribution >= 4 is 33.4 Å². The lowest BCUT2D eigenvalue weighted by molar-refractivity contribution is 0.102. The van der Waals surface area contributed by atoms with E-state index in [0.717, 1.165) is 33.3 Å². The van der Waals surface area contributed by atoms with Crippen LogP contribution in [-0.4, -0.2) is 27.5 Å². The van der Waals surface area contributed by atoms with Crippen molar-refractivity contribution in [3.63, 3.8) is 0 Å². The third kappa shape index (κ3) is 3.67. The highest BCUT2D eigenvalue weighted by Gasteiger charge is 2.13. The first kappa shape index (κ1) is 19.8. The van der Waals surface area contributed by atoms with E-state index in [4.69, 9.17) is 4.74 Å². The van der Waals surface area contributed by atoms with Gasteiger partial charge in [0.1, 0.15) is 16.8 Å². The van der Waals surface area contributed by atoms with E-state index in [9.17, 15) is 4.79 Å². The molecule has 0 aliphatic carbocycles. The summed E-state index contributed by atoms with van der Waals surface area (Å²) in [5, 5.41) is 14.1. The minimum atomic E-state index is -0.153. The van der Waals surface area contributed by atoms with Gasteiger partial charge in [0.25, 0.3) is 5.91 Å². The number of nitrogens with zero attached hydrogens (tertiary/aromatic N) is 3. The summed E-state index contributed by atoms with van der Waals surface area (Å²) >= 11 is 0. The van der Waals surface area contributed by atoms with E-state index in [1.807, 2.05) is 92.7 Å². The Bertz CT molecular complexity index is 1440. The highest BCUT2D eigenvalue weighted by Crippen LogP contribution is 2.24. The van der Waals surface area contributed by atoms with Crippen LogP contribution in [0.4, 0.5) is 5.69 Å². The number of hydrogen-bond donors (Lipinski definition) is 1. The number of carbonyl (C=O) groups excluding carboxylic acids is 1. The first-order valence-electron chi connectivity index (χ1n) is 10.5. The molecule has 1 N–H and O–H groups in total. The molecule has 0 aliphatic rings. The summed E-state index contributed by atoms with van der Waals surface area (Å²) in [5.74, 6) is 0.654. The number of aryl methyl sites for hydroxylation is 1. The molecule has 5 rings (SSSR count). The molecule has 6 nitrogen and oxygen atoms in total. The van der Waals surface area contributed by atoms with E-state index >= 15 is 0 Å². The number of hydrogen-bond acceptors (Lipinski definition) is 4. The molecule has 0 aliphatic heterocycles. The Morgan fingerprint density at radius 1 is 0.906 bits per heavy atom. The molecular formula is C26H22N4O2. The highest BCUT2D eigenvalue weighted by atomic mass is 16.5. The second-order valence-electron chi connectivity index (χ2n) is 7.55. The average Bonchev–Trinajstić information content (AvgIpc) is 3.23. The summed E-state index contributed by atoms with van der Waals surface area (Å²) in [5.41, 5.74) is 4.74. The van der Waals surface area contributed by atoms with Gasteiger partial charge in [-0.05, 0) is 78.7 Å². The average molecular weight is 422 g/mol. The molecule has 0 unspecified atom stereocenters. The van der Waals surface area contributed by atoms with Crippen LogP contribution in [0.15, 0.2) is 78.9 Å². The first-order valence-corrected chi connectivity index (χ1v) is 10.5. The van der Waals surface area contributed by atoms with E-state index in [1.165, 1.54) is 0 Å². The molecule has 0 saturated heterocycles. The maximum atomic E-state index is 13.0. The van der Waals surface area contributed by atoms with Gasteiger partial charge in [-0.1, -0.05) is 30.3 Å². The van der Waals surface area contributed by atoms with Crippen molar-refractivity contribution in [3.05, 3.63) is 90.0 Å². The van der Waals surface area contributed by atoms with Crippen LogP contribution in [0.5, 0.6) is 5.75 Å². The number of anilines is 1. The number of aromatic nitrogens is 3. The van der Waals surface area contributed by atoms with Crippen LogP contribution in [0.1, 0.15) is 22.8 Å². The van der Waals surface area contributed by atoms with Gasteiger partial charge in [0.15, 0.2) is 0 Å². The Labute approximate surface area is 185 Å². The molecule has 6 heteroatoms. The smallest absolute Gasteiger partial charge is 0.256 e. The maximum Gasteiger partial charge on any atom is 0.256 e. The predicted octanol–water partition coefficient (Wildman–Crippen LogP) is 5.53. The third-order valence-electron chi connectivity index (χ3n) is 5.40. The zero-order valence-electron chi connectivity index (χ0n) is 17.9. The van der Waals surface area contributed by atoms with Crippen LogP contribution in [0.3, 0.4) is 0 Å². The molecule has 1 amide bonds. The lowest BCUT2D eigenvalue weighted by Crippen LogP contribution is -2.12. The Morgan fingerprint density at radius 2 is 1.66 bits per heavy atom. The van der Waals surface area contributed by atoms with Crippen LogP contribution >= 0.6 is 0 Å². The fraction of sp³-hybridized carbons (Fsp3) is 0.115. The van der Waals surface area contributed by atoms with Crippen LogP contribution in [0, 0.1) is 6.92 Å². The van der Waals surface area contributed by atoms with Crippen LogP contribution in [0.25, 0.3) is 27.5 Å². The summed E-state index contributed by atoms with van der Waals surface area (Å²) in [6, 6.07) is 24.9.